The van der Waals surface area contributed by atoms with Gasteiger partial charge in [0.1, 0.15) is 11.4 Å². The van der Waals surface area contributed by atoms with Crippen molar-refractivity contribution in [2.24, 2.45) is 17.8 Å². The number of likely N-dealkylation sites (tertiary alicyclic amines) is 1. The molecule has 2 aliphatic heterocycles. The minimum Gasteiger partial charge on any atom is -0.381 e. The lowest BCUT2D eigenvalue weighted by atomic mass is 10.00. The number of hydrogen-bond acceptors (Lipinski definition) is 5. The average molecular weight is 493 g/mol. The van der Waals surface area contributed by atoms with Gasteiger partial charge in [0.15, 0.2) is 5.82 Å². The topological polar surface area (TPSA) is 50.3 Å². The second kappa shape index (κ2) is 9.65. The van der Waals surface area contributed by atoms with Crippen LogP contribution in [-0.4, -0.2) is 54.0 Å². The van der Waals surface area contributed by atoms with E-state index in [1.165, 1.54) is 12.1 Å². The average Bonchev–Trinajstić information content (AvgIpc) is 3.34. The summed E-state index contributed by atoms with van der Waals surface area (Å²) in [7, 11) is 0. The van der Waals surface area contributed by atoms with Crippen LogP contribution in [0.1, 0.15) is 42.4 Å². The molecule has 1 aromatic heterocycles. The number of nitrogens with one attached hydrogen (secondary N) is 1. The van der Waals surface area contributed by atoms with Crippen LogP contribution < -0.4 is 5.32 Å². The Morgan fingerprint density at radius 3 is 2.34 bits per heavy atom. The SMILES string of the molecule is Cc1cc(-c2cc(C(F)(F)F)c(NC3CC4CN(CC5CCOCC5)C[C@H]4C3)nn2)c(C)cc1F. The third kappa shape index (κ3) is 5.31. The van der Waals surface area contributed by atoms with E-state index in [-0.39, 0.29) is 17.6 Å². The molecule has 9 heteroatoms. The molecule has 2 saturated heterocycles. The summed E-state index contributed by atoms with van der Waals surface area (Å²) < 4.78 is 61.2. The monoisotopic (exact) mass is 492 g/mol. The quantitative estimate of drug-likeness (QED) is 0.562. The molecule has 1 aliphatic carbocycles. The molecule has 1 aromatic carbocycles. The summed E-state index contributed by atoms with van der Waals surface area (Å²) in [6.07, 6.45) is -0.674. The number of anilines is 1. The van der Waals surface area contributed by atoms with E-state index in [0.717, 1.165) is 64.6 Å². The summed E-state index contributed by atoms with van der Waals surface area (Å²) in [6.45, 7) is 8.05. The van der Waals surface area contributed by atoms with Gasteiger partial charge in [-0.05, 0) is 86.6 Å². The largest absolute Gasteiger partial charge is 0.420 e. The highest BCUT2D eigenvalue weighted by molar-refractivity contribution is 5.66. The Hall–Kier alpha value is -2.26. The van der Waals surface area contributed by atoms with E-state index >= 15 is 0 Å². The highest BCUT2D eigenvalue weighted by Gasteiger charge is 2.43. The highest BCUT2D eigenvalue weighted by Crippen LogP contribution is 2.42. The Labute approximate surface area is 203 Å². The molecule has 0 amide bonds. The zero-order chi connectivity index (χ0) is 24.7. The molecule has 35 heavy (non-hydrogen) atoms. The molecule has 3 atom stereocenters. The summed E-state index contributed by atoms with van der Waals surface area (Å²) in [5.74, 6) is 1.07. The molecule has 0 radical (unpaired) electrons. The van der Waals surface area contributed by atoms with Crippen molar-refractivity contribution in [3.05, 3.63) is 40.7 Å². The van der Waals surface area contributed by atoms with Crippen LogP contribution in [0.15, 0.2) is 18.2 Å². The number of nitrogens with zero attached hydrogens (tertiary/aromatic N) is 3. The van der Waals surface area contributed by atoms with Gasteiger partial charge < -0.3 is 15.0 Å². The van der Waals surface area contributed by atoms with Crippen LogP contribution >= 0.6 is 0 Å². The second-order valence-electron chi connectivity index (χ2n) is 10.5. The maximum atomic E-state index is 14.0. The summed E-state index contributed by atoms with van der Waals surface area (Å²) in [5.41, 5.74) is 0.586. The van der Waals surface area contributed by atoms with Crippen molar-refractivity contribution in [3.63, 3.8) is 0 Å². The van der Waals surface area contributed by atoms with Crippen LogP contribution in [-0.2, 0) is 10.9 Å². The number of alkyl halides is 3. The van der Waals surface area contributed by atoms with Gasteiger partial charge in [0, 0.05) is 44.5 Å². The van der Waals surface area contributed by atoms with E-state index in [4.69, 9.17) is 4.74 Å². The van der Waals surface area contributed by atoms with Crippen molar-refractivity contribution in [2.75, 3.05) is 38.2 Å². The molecule has 5 nitrogen and oxygen atoms in total. The first-order chi connectivity index (χ1) is 16.7. The zero-order valence-electron chi connectivity index (χ0n) is 20.2. The molecular formula is C26H32F4N4O. The van der Waals surface area contributed by atoms with Crippen LogP contribution in [0.2, 0.25) is 0 Å². The lowest BCUT2D eigenvalue weighted by Crippen LogP contribution is -2.32. The Morgan fingerprint density at radius 1 is 1.00 bits per heavy atom. The normalized spacial score (nSPS) is 25.7. The third-order valence-electron chi connectivity index (χ3n) is 7.91. The minimum absolute atomic E-state index is 0.0497. The van der Waals surface area contributed by atoms with Crippen molar-refractivity contribution in [1.82, 2.24) is 15.1 Å². The van der Waals surface area contributed by atoms with E-state index < -0.39 is 17.6 Å². The number of rotatable bonds is 5. The Kier molecular flexibility index (Phi) is 6.74. The van der Waals surface area contributed by atoms with Gasteiger partial charge in [-0.3, -0.25) is 0 Å². The molecular weight excluding hydrogens is 460 g/mol. The highest BCUT2D eigenvalue weighted by atomic mass is 19.4. The standard InChI is InChI=1S/C26H32F4N4O/c1-15-8-23(27)16(2)7-21(15)24-11-22(26(28,29)30)25(33-32-24)31-20-9-18-13-34(14-19(18)10-20)12-17-3-5-35-6-4-17/h7-8,11,17-20H,3-6,9-10,12-14H2,1-2H3,(H,31,33)/t18-,19?,20?/m1/s1. The van der Waals surface area contributed by atoms with Crippen LogP contribution in [0, 0.1) is 37.4 Å². The van der Waals surface area contributed by atoms with Gasteiger partial charge in [0.2, 0.25) is 0 Å². The smallest absolute Gasteiger partial charge is 0.381 e. The van der Waals surface area contributed by atoms with Crippen molar-refractivity contribution >= 4 is 5.82 Å². The fraction of sp³-hybridized carbons (Fsp3) is 0.615. The zero-order valence-corrected chi connectivity index (χ0v) is 20.2. The van der Waals surface area contributed by atoms with Crippen molar-refractivity contribution in [3.8, 4) is 11.3 Å². The summed E-state index contributed by atoms with van der Waals surface area (Å²) in [5, 5.41) is 11.1. The molecule has 2 aromatic rings. The number of halogens is 4. The Bertz CT molecular complexity index is 1060. The number of aromatic nitrogens is 2. The number of benzene rings is 1. The second-order valence-corrected chi connectivity index (χ2v) is 10.5. The third-order valence-corrected chi connectivity index (χ3v) is 7.91. The predicted octanol–water partition coefficient (Wildman–Crippen LogP) is 5.47. The molecule has 0 spiro atoms. The molecule has 190 valence electrons. The Morgan fingerprint density at radius 2 is 1.69 bits per heavy atom. The van der Waals surface area contributed by atoms with Gasteiger partial charge in [-0.25, -0.2) is 4.39 Å². The minimum atomic E-state index is -4.58. The molecule has 5 rings (SSSR count). The number of hydrogen-bond donors (Lipinski definition) is 1. The van der Waals surface area contributed by atoms with Crippen LogP contribution in [0.5, 0.6) is 0 Å². The first-order valence-corrected chi connectivity index (χ1v) is 12.5. The maximum absolute atomic E-state index is 14.0. The van der Waals surface area contributed by atoms with E-state index in [1.807, 2.05) is 0 Å². The van der Waals surface area contributed by atoms with Crippen LogP contribution in [0.3, 0.4) is 0 Å². The van der Waals surface area contributed by atoms with E-state index in [0.29, 0.717) is 34.4 Å². The van der Waals surface area contributed by atoms with Crippen LogP contribution in [0.4, 0.5) is 23.4 Å². The lowest BCUT2D eigenvalue weighted by Gasteiger charge is -2.28. The van der Waals surface area contributed by atoms with Gasteiger partial charge in [0.25, 0.3) is 0 Å². The number of ether oxygens (including phenoxy) is 1. The lowest BCUT2D eigenvalue weighted by molar-refractivity contribution is -0.137. The van der Waals surface area contributed by atoms with Gasteiger partial charge in [0.05, 0.1) is 5.69 Å². The van der Waals surface area contributed by atoms with Crippen molar-refractivity contribution < 1.29 is 22.3 Å². The number of fused-ring (bicyclic) bond motifs is 1. The molecule has 0 bridgehead atoms. The molecule has 3 fully saturated rings. The fourth-order valence-corrected chi connectivity index (χ4v) is 6.05. The molecule has 2 unspecified atom stereocenters. The Balaban J connectivity index is 1.27. The first kappa shape index (κ1) is 24.4. The van der Waals surface area contributed by atoms with Crippen LogP contribution in [0.25, 0.3) is 11.3 Å². The summed E-state index contributed by atoms with van der Waals surface area (Å²) in [6, 6.07) is 3.81. The molecule has 1 saturated carbocycles. The van der Waals surface area contributed by atoms with E-state index in [1.54, 1.807) is 13.8 Å². The predicted molar refractivity (Wildman–Crippen MR) is 126 cm³/mol. The molecule has 3 aliphatic rings. The molecule has 3 heterocycles. The van der Waals surface area contributed by atoms with E-state index in [9.17, 15) is 17.6 Å². The fourth-order valence-electron chi connectivity index (χ4n) is 6.05. The van der Waals surface area contributed by atoms with Gasteiger partial charge >= 0.3 is 6.18 Å². The first-order valence-electron chi connectivity index (χ1n) is 12.5. The summed E-state index contributed by atoms with van der Waals surface area (Å²) >= 11 is 0. The van der Waals surface area contributed by atoms with Gasteiger partial charge in [-0.1, -0.05) is 0 Å². The van der Waals surface area contributed by atoms with Crippen molar-refractivity contribution in [1.29, 1.82) is 0 Å². The van der Waals surface area contributed by atoms with Crippen molar-refractivity contribution in [2.45, 2.75) is 51.7 Å². The molecule has 1 N–H and O–H groups in total. The van der Waals surface area contributed by atoms with Gasteiger partial charge in [-0.2, -0.15) is 13.2 Å². The van der Waals surface area contributed by atoms with Gasteiger partial charge in [-0.15, -0.1) is 10.2 Å². The number of aryl methyl sites for hydroxylation is 2. The van der Waals surface area contributed by atoms with E-state index in [2.05, 4.69) is 20.4 Å². The summed E-state index contributed by atoms with van der Waals surface area (Å²) in [4.78, 5) is 2.53. The maximum Gasteiger partial charge on any atom is 0.420 e.